The maximum atomic E-state index is 12.6. The zero-order valence-corrected chi connectivity index (χ0v) is 17.6. The molecule has 0 atom stereocenters. The van der Waals surface area contributed by atoms with Crippen LogP contribution in [0.5, 0.6) is 0 Å². The highest BCUT2D eigenvalue weighted by atomic mass is 32.2. The molecule has 2 aromatic carbocycles. The van der Waals surface area contributed by atoms with Crippen LogP contribution in [-0.2, 0) is 10.0 Å². The first-order chi connectivity index (χ1) is 13.6. The van der Waals surface area contributed by atoms with Crippen LogP contribution < -0.4 is 14.5 Å². The fourth-order valence-corrected chi connectivity index (χ4v) is 4.83. The molecule has 0 aromatic heterocycles. The van der Waals surface area contributed by atoms with Crippen molar-refractivity contribution in [3.8, 4) is 0 Å². The number of nitrogens with one attached hydrogen (secondary N) is 1. The Labute approximate surface area is 171 Å². The van der Waals surface area contributed by atoms with Crippen LogP contribution in [0.4, 0.5) is 17.1 Å². The maximum absolute atomic E-state index is 12.6. The van der Waals surface area contributed by atoms with E-state index in [1.54, 1.807) is 20.8 Å². The Morgan fingerprint density at radius 2 is 1.55 bits per heavy atom. The molecule has 9 heteroatoms. The minimum atomic E-state index is -3.85. The van der Waals surface area contributed by atoms with Crippen LogP contribution in [0.2, 0.25) is 0 Å². The average molecular weight is 419 g/mol. The predicted octanol–water partition coefficient (Wildman–Crippen LogP) is 3.00. The second kappa shape index (κ2) is 8.00. The molecule has 0 unspecified atom stereocenters. The van der Waals surface area contributed by atoms with Gasteiger partial charge in [0.1, 0.15) is 5.69 Å². The maximum Gasteiger partial charge on any atom is 0.293 e. The molecule has 1 aliphatic heterocycles. The number of anilines is 2. The Morgan fingerprint density at radius 3 is 2.10 bits per heavy atom. The number of rotatable bonds is 5. The van der Waals surface area contributed by atoms with Crippen molar-refractivity contribution < 1.29 is 13.3 Å². The lowest BCUT2D eigenvalue weighted by molar-refractivity contribution is -0.384. The Balaban J connectivity index is 1.83. The Kier molecular flexibility index (Phi) is 5.81. The van der Waals surface area contributed by atoms with Gasteiger partial charge in [-0.2, -0.15) is 0 Å². The smallest absolute Gasteiger partial charge is 0.293 e. The molecule has 29 heavy (non-hydrogen) atoms. The van der Waals surface area contributed by atoms with Gasteiger partial charge in [-0.1, -0.05) is 18.2 Å². The fraction of sp³-hybridized carbons (Fsp3) is 0.400. The van der Waals surface area contributed by atoms with E-state index in [1.165, 1.54) is 12.1 Å². The lowest BCUT2D eigenvalue weighted by Gasteiger charge is -2.37. The molecule has 0 bridgehead atoms. The van der Waals surface area contributed by atoms with E-state index in [9.17, 15) is 18.5 Å². The summed E-state index contributed by atoms with van der Waals surface area (Å²) in [4.78, 5) is 15.2. The largest absolute Gasteiger partial charge is 0.368 e. The number of nitro groups is 1. The second-order valence-electron chi connectivity index (χ2n) is 8.07. The van der Waals surface area contributed by atoms with Gasteiger partial charge >= 0.3 is 0 Å². The van der Waals surface area contributed by atoms with E-state index in [2.05, 4.69) is 9.62 Å². The van der Waals surface area contributed by atoms with Gasteiger partial charge in [0.25, 0.3) is 5.69 Å². The second-order valence-corrected chi connectivity index (χ2v) is 9.76. The molecule has 1 fully saturated rings. The van der Waals surface area contributed by atoms with Crippen molar-refractivity contribution in [2.24, 2.45) is 0 Å². The van der Waals surface area contributed by atoms with Crippen LogP contribution >= 0.6 is 0 Å². The molecule has 0 radical (unpaired) electrons. The first kappa shape index (κ1) is 21.1. The van der Waals surface area contributed by atoms with Crippen molar-refractivity contribution in [1.82, 2.24) is 4.72 Å². The first-order valence-electron chi connectivity index (χ1n) is 9.44. The van der Waals surface area contributed by atoms with Crippen molar-refractivity contribution in [2.45, 2.75) is 31.2 Å². The topological polar surface area (TPSA) is 95.8 Å². The summed E-state index contributed by atoms with van der Waals surface area (Å²) in [6.07, 6.45) is 0. The summed E-state index contributed by atoms with van der Waals surface area (Å²) < 4.78 is 27.6. The van der Waals surface area contributed by atoms with E-state index >= 15 is 0 Å². The summed E-state index contributed by atoms with van der Waals surface area (Å²) in [6.45, 7) is 7.85. The van der Waals surface area contributed by atoms with Crippen LogP contribution in [0.1, 0.15) is 20.8 Å². The third kappa shape index (κ3) is 5.04. The molecule has 8 nitrogen and oxygen atoms in total. The van der Waals surface area contributed by atoms with E-state index in [4.69, 9.17) is 0 Å². The van der Waals surface area contributed by atoms with Gasteiger partial charge in [0.15, 0.2) is 0 Å². The van der Waals surface area contributed by atoms with Crippen molar-refractivity contribution >= 4 is 27.1 Å². The zero-order valence-electron chi connectivity index (χ0n) is 16.8. The van der Waals surface area contributed by atoms with Gasteiger partial charge in [0.05, 0.1) is 9.82 Å². The van der Waals surface area contributed by atoms with Crippen molar-refractivity contribution in [3.05, 3.63) is 58.6 Å². The van der Waals surface area contributed by atoms with E-state index in [0.717, 1.165) is 24.8 Å². The normalized spacial score (nSPS) is 15.4. The standard InChI is InChI=1S/C20H26N4O4S/c1-20(2,3)21-29(27,28)17-9-10-18(19(15-17)24(25)26)23-13-11-22(12-14-23)16-7-5-4-6-8-16/h4-10,15,21H,11-14H2,1-3H3. The van der Waals surface area contributed by atoms with Crippen LogP contribution in [0.3, 0.4) is 0 Å². The Morgan fingerprint density at radius 1 is 0.966 bits per heavy atom. The SMILES string of the molecule is CC(C)(C)NS(=O)(=O)c1ccc(N2CCN(c3ccccc3)CC2)c([N+](=O)[O-])c1. The summed E-state index contributed by atoms with van der Waals surface area (Å²) >= 11 is 0. The van der Waals surface area contributed by atoms with Crippen LogP contribution in [0, 0.1) is 10.1 Å². The molecule has 1 saturated heterocycles. The fourth-order valence-electron chi connectivity index (χ4n) is 3.39. The van der Waals surface area contributed by atoms with Gasteiger partial charge < -0.3 is 9.80 Å². The van der Waals surface area contributed by atoms with Crippen molar-refractivity contribution in [2.75, 3.05) is 36.0 Å². The van der Waals surface area contributed by atoms with E-state index < -0.39 is 20.5 Å². The number of nitrogens with zero attached hydrogens (tertiary/aromatic N) is 3. The molecule has 0 saturated carbocycles. The summed E-state index contributed by atoms with van der Waals surface area (Å²) in [5.41, 5.74) is 0.684. The summed E-state index contributed by atoms with van der Waals surface area (Å²) in [5, 5.41) is 11.7. The first-order valence-corrected chi connectivity index (χ1v) is 10.9. The van der Waals surface area contributed by atoms with Crippen LogP contribution in [0.15, 0.2) is 53.4 Å². The summed E-state index contributed by atoms with van der Waals surface area (Å²) in [7, 11) is -3.85. The van der Waals surface area contributed by atoms with Gasteiger partial charge in [-0.15, -0.1) is 0 Å². The van der Waals surface area contributed by atoms with E-state index in [1.807, 2.05) is 35.2 Å². The number of piperazine rings is 1. The number of nitro benzene ring substituents is 1. The highest BCUT2D eigenvalue weighted by molar-refractivity contribution is 7.89. The molecular weight excluding hydrogens is 392 g/mol. The van der Waals surface area contributed by atoms with Gasteiger partial charge in [0.2, 0.25) is 10.0 Å². The molecular formula is C20H26N4O4S. The molecule has 0 amide bonds. The summed E-state index contributed by atoms with van der Waals surface area (Å²) in [6, 6.07) is 14.1. The quantitative estimate of drug-likeness (QED) is 0.592. The number of hydrogen-bond donors (Lipinski definition) is 1. The van der Waals surface area contributed by atoms with Crippen LogP contribution in [0.25, 0.3) is 0 Å². The third-order valence-corrected chi connectivity index (χ3v) is 6.39. The molecule has 1 N–H and O–H groups in total. The monoisotopic (exact) mass is 418 g/mol. The molecule has 0 spiro atoms. The highest BCUT2D eigenvalue weighted by Crippen LogP contribution is 2.32. The highest BCUT2D eigenvalue weighted by Gasteiger charge is 2.28. The van der Waals surface area contributed by atoms with Gasteiger partial charge in [0, 0.05) is 43.5 Å². The molecule has 2 aromatic rings. The number of para-hydroxylation sites is 1. The zero-order chi connectivity index (χ0) is 21.2. The van der Waals surface area contributed by atoms with Gasteiger partial charge in [-0.25, -0.2) is 13.1 Å². The Hall–Kier alpha value is -2.65. The minimum Gasteiger partial charge on any atom is -0.368 e. The molecule has 1 aliphatic rings. The third-order valence-electron chi connectivity index (χ3n) is 4.64. The van der Waals surface area contributed by atoms with E-state index in [-0.39, 0.29) is 10.6 Å². The van der Waals surface area contributed by atoms with Gasteiger partial charge in [-0.05, 0) is 45.0 Å². The van der Waals surface area contributed by atoms with Crippen LogP contribution in [-0.4, -0.2) is 45.1 Å². The number of hydrogen-bond acceptors (Lipinski definition) is 6. The molecule has 3 rings (SSSR count). The molecule has 156 valence electrons. The van der Waals surface area contributed by atoms with Crippen molar-refractivity contribution in [1.29, 1.82) is 0 Å². The van der Waals surface area contributed by atoms with Crippen molar-refractivity contribution in [3.63, 3.8) is 0 Å². The molecule has 1 heterocycles. The molecule has 0 aliphatic carbocycles. The number of benzene rings is 2. The van der Waals surface area contributed by atoms with Gasteiger partial charge in [-0.3, -0.25) is 10.1 Å². The van der Waals surface area contributed by atoms with E-state index in [0.29, 0.717) is 18.8 Å². The lowest BCUT2D eigenvalue weighted by atomic mass is 10.1. The minimum absolute atomic E-state index is 0.106. The summed E-state index contributed by atoms with van der Waals surface area (Å²) in [5.74, 6) is 0. The predicted molar refractivity (Wildman–Crippen MR) is 114 cm³/mol. The lowest BCUT2D eigenvalue weighted by Crippen LogP contribution is -2.46. The Bertz CT molecular complexity index is 979. The number of sulfonamides is 1. The average Bonchev–Trinajstić information content (AvgIpc) is 2.66.